The van der Waals surface area contributed by atoms with Gasteiger partial charge < -0.3 is 19.9 Å². The molecule has 1 amide bonds. The Kier molecular flexibility index (Phi) is 9.25. The number of guanidine groups is 1. The van der Waals surface area contributed by atoms with Crippen molar-refractivity contribution >= 4 is 11.9 Å². The van der Waals surface area contributed by atoms with Crippen LogP contribution in [0.2, 0.25) is 0 Å². The first kappa shape index (κ1) is 23.0. The zero-order valence-corrected chi connectivity index (χ0v) is 18.6. The lowest BCUT2D eigenvalue weighted by Crippen LogP contribution is -2.53. The minimum atomic E-state index is 0.0119. The van der Waals surface area contributed by atoms with E-state index in [9.17, 15) is 4.79 Å². The van der Waals surface area contributed by atoms with Gasteiger partial charge in [0.05, 0.1) is 7.11 Å². The number of rotatable bonds is 8. The fourth-order valence-electron chi connectivity index (χ4n) is 3.32. The Hall–Kier alpha value is -2.28. The average molecular weight is 404 g/mol. The number of amides is 1. The molecular weight excluding hydrogens is 366 g/mol. The number of ether oxygens (including phenoxy) is 1. The van der Waals surface area contributed by atoms with Gasteiger partial charge in [0, 0.05) is 53.4 Å². The number of hydrogen-bond acceptors (Lipinski definition) is 4. The summed E-state index contributed by atoms with van der Waals surface area (Å²) in [5.74, 6) is 2.39. The summed E-state index contributed by atoms with van der Waals surface area (Å²) in [7, 11) is 5.20. The van der Waals surface area contributed by atoms with E-state index in [0.29, 0.717) is 5.92 Å². The first-order valence-corrected chi connectivity index (χ1v) is 10.5. The van der Waals surface area contributed by atoms with Gasteiger partial charge in [-0.25, -0.2) is 4.99 Å². The molecule has 162 valence electrons. The Bertz CT molecular complexity index is 650. The van der Waals surface area contributed by atoms with Crippen molar-refractivity contribution in [2.75, 3.05) is 67.0 Å². The van der Waals surface area contributed by atoms with Gasteiger partial charge >= 0.3 is 0 Å². The molecule has 1 saturated heterocycles. The number of nitrogens with one attached hydrogen (secondary N) is 1. The summed E-state index contributed by atoms with van der Waals surface area (Å²) in [5.41, 5.74) is 1.24. The monoisotopic (exact) mass is 403 g/mol. The van der Waals surface area contributed by atoms with Crippen LogP contribution in [0.3, 0.4) is 0 Å². The predicted octanol–water partition coefficient (Wildman–Crippen LogP) is 1.55. The molecule has 0 atom stereocenters. The van der Waals surface area contributed by atoms with Gasteiger partial charge in [0.25, 0.3) is 0 Å². The highest BCUT2D eigenvalue weighted by molar-refractivity contribution is 5.85. The summed E-state index contributed by atoms with van der Waals surface area (Å²) >= 11 is 0. The first-order chi connectivity index (χ1) is 13.9. The number of piperazine rings is 1. The molecule has 7 nitrogen and oxygen atoms in total. The Morgan fingerprint density at radius 3 is 2.38 bits per heavy atom. The molecule has 7 heteroatoms. The van der Waals surface area contributed by atoms with Crippen molar-refractivity contribution in [1.29, 1.82) is 0 Å². The SMILES string of the molecule is COc1ccc(CCNC(=NCC(=O)N(C)C)N2CCN(CC(C)C)CC2)cc1. The quantitative estimate of drug-likeness (QED) is 0.527. The molecule has 0 aromatic heterocycles. The normalized spacial score (nSPS) is 15.5. The summed E-state index contributed by atoms with van der Waals surface area (Å²) in [5, 5.41) is 3.47. The van der Waals surface area contributed by atoms with Gasteiger partial charge in [-0.15, -0.1) is 0 Å². The number of carbonyl (C=O) groups excluding carboxylic acids is 1. The van der Waals surface area contributed by atoms with Gasteiger partial charge in [-0.3, -0.25) is 9.69 Å². The van der Waals surface area contributed by atoms with E-state index >= 15 is 0 Å². The molecule has 0 aliphatic carbocycles. The second-order valence-electron chi connectivity index (χ2n) is 8.13. The van der Waals surface area contributed by atoms with Crippen molar-refractivity contribution < 1.29 is 9.53 Å². The number of carbonyl (C=O) groups is 1. The minimum Gasteiger partial charge on any atom is -0.497 e. The molecule has 1 aromatic carbocycles. The summed E-state index contributed by atoms with van der Waals surface area (Å²) in [4.78, 5) is 23.0. The van der Waals surface area contributed by atoms with Crippen molar-refractivity contribution in [3.63, 3.8) is 0 Å². The minimum absolute atomic E-state index is 0.0119. The van der Waals surface area contributed by atoms with E-state index in [1.807, 2.05) is 12.1 Å². The molecule has 0 unspecified atom stereocenters. The van der Waals surface area contributed by atoms with Crippen LogP contribution in [-0.4, -0.2) is 93.6 Å². The van der Waals surface area contributed by atoms with Crippen molar-refractivity contribution in [3.8, 4) is 5.75 Å². The highest BCUT2D eigenvalue weighted by Crippen LogP contribution is 2.11. The highest BCUT2D eigenvalue weighted by atomic mass is 16.5. The summed E-state index contributed by atoms with van der Waals surface area (Å²) < 4.78 is 5.22. The van der Waals surface area contributed by atoms with E-state index in [2.05, 4.69) is 46.1 Å². The van der Waals surface area contributed by atoms with Crippen molar-refractivity contribution in [2.24, 2.45) is 10.9 Å². The van der Waals surface area contributed by atoms with Gasteiger partial charge in [0.15, 0.2) is 5.96 Å². The molecule has 1 N–H and O–H groups in total. The Morgan fingerprint density at radius 2 is 1.83 bits per heavy atom. The van der Waals surface area contributed by atoms with E-state index in [1.165, 1.54) is 5.56 Å². The summed E-state index contributed by atoms with van der Waals surface area (Å²) in [6, 6.07) is 8.12. The topological polar surface area (TPSA) is 60.4 Å². The van der Waals surface area contributed by atoms with Crippen LogP contribution >= 0.6 is 0 Å². The van der Waals surface area contributed by atoms with Crippen LogP contribution in [0.1, 0.15) is 19.4 Å². The largest absolute Gasteiger partial charge is 0.497 e. The number of nitrogens with zero attached hydrogens (tertiary/aromatic N) is 4. The van der Waals surface area contributed by atoms with Gasteiger partial charge in [0.1, 0.15) is 12.3 Å². The standard InChI is InChI=1S/C22H37N5O2/c1-18(2)17-26-12-14-27(15-13-26)22(24-16-21(28)25(3)4)23-11-10-19-6-8-20(29-5)9-7-19/h6-9,18H,10-17H2,1-5H3,(H,23,24). The van der Waals surface area contributed by atoms with Crippen LogP contribution in [0.5, 0.6) is 5.75 Å². The molecule has 1 aliphatic heterocycles. The lowest BCUT2D eigenvalue weighted by Gasteiger charge is -2.37. The van der Waals surface area contributed by atoms with Crippen LogP contribution in [0, 0.1) is 5.92 Å². The Balaban J connectivity index is 1.93. The van der Waals surface area contributed by atoms with Gasteiger partial charge in [-0.1, -0.05) is 26.0 Å². The Morgan fingerprint density at radius 1 is 1.17 bits per heavy atom. The lowest BCUT2D eigenvalue weighted by atomic mass is 10.1. The zero-order chi connectivity index (χ0) is 21.2. The number of benzene rings is 1. The van der Waals surface area contributed by atoms with E-state index in [0.717, 1.165) is 57.4 Å². The number of methoxy groups -OCH3 is 1. The second-order valence-corrected chi connectivity index (χ2v) is 8.13. The van der Waals surface area contributed by atoms with E-state index in [1.54, 1.807) is 26.1 Å². The molecule has 0 bridgehead atoms. The predicted molar refractivity (Wildman–Crippen MR) is 119 cm³/mol. The first-order valence-electron chi connectivity index (χ1n) is 10.5. The lowest BCUT2D eigenvalue weighted by molar-refractivity contribution is -0.127. The van der Waals surface area contributed by atoms with Gasteiger partial charge in [-0.05, 0) is 30.0 Å². The molecule has 0 spiro atoms. The van der Waals surface area contributed by atoms with Crippen LogP contribution in [-0.2, 0) is 11.2 Å². The fraction of sp³-hybridized carbons (Fsp3) is 0.636. The van der Waals surface area contributed by atoms with Crippen LogP contribution in [0.15, 0.2) is 29.3 Å². The molecule has 1 aromatic rings. The molecule has 29 heavy (non-hydrogen) atoms. The fourth-order valence-corrected chi connectivity index (χ4v) is 3.32. The third-order valence-corrected chi connectivity index (χ3v) is 5.01. The van der Waals surface area contributed by atoms with E-state index < -0.39 is 0 Å². The Labute approximate surface area is 175 Å². The molecule has 2 rings (SSSR count). The summed E-state index contributed by atoms with van der Waals surface area (Å²) in [6.07, 6.45) is 0.887. The molecular formula is C22H37N5O2. The van der Waals surface area contributed by atoms with Crippen molar-refractivity contribution in [1.82, 2.24) is 20.0 Å². The van der Waals surface area contributed by atoms with Crippen LogP contribution in [0.25, 0.3) is 0 Å². The average Bonchev–Trinajstić information content (AvgIpc) is 2.71. The van der Waals surface area contributed by atoms with Crippen LogP contribution in [0.4, 0.5) is 0 Å². The maximum absolute atomic E-state index is 12.0. The van der Waals surface area contributed by atoms with Crippen LogP contribution < -0.4 is 10.1 Å². The molecule has 1 fully saturated rings. The van der Waals surface area contributed by atoms with Gasteiger partial charge in [-0.2, -0.15) is 0 Å². The van der Waals surface area contributed by atoms with Crippen molar-refractivity contribution in [3.05, 3.63) is 29.8 Å². The number of aliphatic imine (C=N–C) groups is 1. The molecule has 1 aliphatic rings. The smallest absolute Gasteiger partial charge is 0.243 e. The third-order valence-electron chi connectivity index (χ3n) is 5.01. The second kappa shape index (κ2) is 11.7. The molecule has 0 radical (unpaired) electrons. The highest BCUT2D eigenvalue weighted by Gasteiger charge is 2.20. The summed E-state index contributed by atoms with van der Waals surface area (Å²) in [6.45, 7) is 10.5. The van der Waals surface area contributed by atoms with Crippen molar-refractivity contribution in [2.45, 2.75) is 20.3 Å². The zero-order valence-electron chi connectivity index (χ0n) is 18.6. The molecule has 0 saturated carbocycles. The van der Waals surface area contributed by atoms with E-state index in [-0.39, 0.29) is 12.5 Å². The van der Waals surface area contributed by atoms with E-state index in [4.69, 9.17) is 4.74 Å². The van der Waals surface area contributed by atoms with Gasteiger partial charge in [0.2, 0.25) is 5.91 Å². The third kappa shape index (κ3) is 7.93. The number of likely N-dealkylation sites (N-methyl/N-ethyl adjacent to an activating group) is 1. The maximum atomic E-state index is 12.0. The maximum Gasteiger partial charge on any atom is 0.243 e. The number of hydrogen-bond donors (Lipinski definition) is 1. The molecule has 1 heterocycles.